The van der Waals surface area contributed by atoms with E-state index in [2.05, 4.69) is 6.92 Å². The van der Waals surface area contributed by atoms with E-state index in [4.69, 9.17) is 14.2 Å². The Morgan fingerprint density at radius 3 is 1.70 bits per heavy atom. The molecule has 0 heterocycles. The molecule has 0 rings (SSSR count). The van der Waals surface area contributed by atoms with E-state index in [-0.39, 0.29) is 11.9 Å². The van der Waals surface area contributed by atoms with Crippen molar-refractivity contribution in [3.8, 4) is 0 Å². The molecule has 0 aromatic carbocycles. The molecule has 0 bridgehead atoms. The Morgan fingerprint density at radius 1 is 0.652 bits per heavy atom. The zero-order valence-corrected chi connectivity index (χ0v) is 14.9. The molecule has 0 saturated carbocycles. The molecule has 0 saturated heterocycles. The van der Waals surface area contributed by atoms with Gasteiger partial charge in [-0.25, -0.2) is 0 Å². The molecule has 0 fully saturated rings. The minimum absolute atomic E-state index is 0.0757. The summed E-state index contributed by atoms with van der Waals surface area (Å²) < 4.78 is 15.2. The molecule has 5 heteroatoms. The molecule has 0 atom stereocenters. The standard InChI is InChI=1S/C18H34O5/c1-3-5-14-22-17(19)12-10-8-6-7-9-11-13-18(20)23-16-15-21-4-2/h3-16H2,1-2H3. The van der Waals surface area contributed by atoms with Crippen molar-refractivity contribution in [3.05, 3.63) is 0 Å². The maximum atomic E-state index is 11.4. The lowest BCUT2D eigenvalue weighted by Gasteiger charge is -2.05. The quantitative estimate of drug-likeness (QED) is 0.316. The highest BCUT2D eigenvalue weighted by Crippen LogP contribution is 2.09. The first-order valence-corrected chi connectivity index (χ1v) is 9.09. The number of hydrogen-bond donors (Lipinski definition) is 0. The van der Waals surface area contributed by atoms with Crippen LogP contribution in [-0.2, 0) is 23.8 Å². The summed E-state index contributed by atoms with van der Waals surface area (Å²) in [5.74, 6) is -0.215. The topological polar surface area (TPSA) is 61.8 Å². The molecule has 0 aliphatic rings. The molecule has 0 spiro atoms. The molecule has 0 aliphatic carbocycles. The Balaban J connectivity index is 3.23. The second-order valence-corrected chi connectivity index (χ2v) is 5.61. The van der Waals surface area contributed by atoms with Crippen LogP contribution in [0.4, 0.5) is 0 Å². The molecule has 0 N–H and O–H groups in total. The van der Waals surface area contributed by atoms with E-state index >= 15 is 0 Å². The van der Waals surface area contributed by atoms with E-state index in [0.717, 1.165) is 51.4 Å². The predicted molar refractivity (Wildman–Crippen MR) is 90.3 cm³/mol. The van der Waals surface area contributed by atoms with Gasteiger partial charge in [-0.2, -0.15) is 0 Å². The van der Waals surface area contributed by atoms with Crippen LogP contribution in [0.25, 0.3) is 0 Å². The molecular formula is C18H34O5. The van der Waals surface area contributed by atoms with Gasteiger partial charge in [-0.3, -0.25) is 9.59 Å². The van der Waals surface area contributed by atoms with E-state index in [9.17, 15) is 9.59 Å². The molecule has 0 amide bonds. The number of esters is 2. The first-order chi connectivity index (χ1) is 11.2. The van der Waals surface area contributed by atoms with E-state index in [1.165, 1.54) is 0 Å². The zero-order chi connectivity index (χ0) is 17.2. The summed E-state index contributed by atoms with van der Waals surface area (Å²) in [5.41, 5.74) is 0. The highest BCUT2D eigenvalue weighted by molar-refractivity contribution is 5.69. The minimum Gasteiger partial charge on any atom is -0.466 e. The average molecular weight is 330 g/mol. The molecule has 0 aliphatic heterocycles. The third-order valence-electron chi connectivity index (χ3n) is 3.47. The van der Waals surface area contributed by atoms with Gasteiger partial charge in [0.1, 0.15) is 6.61 Å². The first kappa shape index (κ1) is 21.9. The summed E-state index contributed by atoms with van der Waals surface area (Å²) >= 11 is 0. The van der Waals surface area contributed by atoms with Crippen LogP contribution in [0.15, 0.2) is 0 Å². The van der Waals surface area contributed by atoms with Crippen molar-refractivity contribution in [2.24, 2.45) is 0 Å². The number of hydrogen-bond acceptors (Lipinski definition) is 5. The number of ether oxygens (including phenoxy) is 3. The molecule has 0 aromatic rings. The molecule has 5 nitrogen and oxygen atoms in total. The Morgan fingerprint density at radius 2 is 1.17 bits per heavy atom. The number of rotatable bonds is 16. The monoisotopic (exact) mass is 330 g/mol. The summed E-state index contributed by atoms with van der Waals surface area (Å²) in [7, 11) is 0. The Bertz CT molecular complexity index is 291. The summed E-state index contributed by atoms with van der Waals surface area (Å²) in [6, 6.07) is 0. The van der Waals surface area contributed by atoms with Gasteiger partial charge in [0.15, 0.2) is 0 Å². The Labute approximate surface area is 141 Å². The van der Waals surface area contributed by atoms with Crippen LogP contribution in [0.5, 0.6) is 0 Å². The van der Waals surface area contributed by atoms with Gasteiger partial charge in [0.25, 0.3) is 0 Å². The average Bonchev–Trinajstić information content (AvgIpc) is 2.54. The molecule has 136 valence electrons. The zero-order valence-electron chi connectivity index (χ0n) is 14.9. The number of carbonyl (C=O) groups is 2. The Hall–Kier alpha value is -1.10. The fourth-order valence-electron chi connectivity index (χ4n) is 2.08. The third-order valence-corrected chi connectivity index (χ3v) is 3.47. The molecule has 0 radical (unpaired) electrons. The lowest BCUT2D eigenvalue weighted by molar-refractivity contribution is -0.145. The normalized spacial score (nSPS) is 10.5. The summed E-state index contributed by atoms with van der Waals surface area (Å²) in [6.45, 7) is 6.01. The lowest BCUT2D eigenvalue weighted by Crippen LogP contribution is -2.10. The van der Waals surface area contributed by atoms with Gasteiger partial charge in [-0.1, -0.05) is 39.0 Å². The van der Waals surface area contributed by atoms with Gasteiger partial charge < -0.3 is 14.2 Å². The van der Waals surface area contributed by atoms with E-state index in [1.54, 1.807) is 0 Å². The van der Waals surface area contributed by atoms with Crippen molar-refractivity contribution in [2.75, 3.05) is 26.4 Å². The van der Waals surface area contributed by atoms with Gasteiger partial charge in [0.2, 0.25) is 0 Å². The van der Waals surface area contributed by atoms with Crippen LogP contribution >= 0.6 is 0 Å². The van der Waals surface area contributed by atoms with Crippen LogP contribution in [0.3, 0.4) is 0 Å². The van der Waals surface area contributed by atoms with Crippen molar-refractivity contribution in [3.63, 3.8) is 0 Å². The molecule has 23 heavy (non-hydrogen) atoms. The Kier molecular flexibility index (Phi) is 16.4. The van der Waals surface area contributed by atoms with Crippen LogP contribution in [0, 0.1) is 0 Å². The number of carbonyl (C=O) groups excluding carboxylic acids is 2. The summed E-state index contributed by atoms with van der Waals surface area (Å²) in [6.07, 6.45) is 9.03. The van der Waals surface area contributed by atoms with Crippen LogP contribution in [-0.4, -0.2) is 38.4 Å². The van der Waals surface area contributed by atoms with Crippen LogP contribution < -0.4 is 0 Å². The summed E-state index contributed by atoms with van der Waals surface area (Å²) in [5, 5.41) is 0. The largest absolute Gasteiger partial charge is 0.466 e. The lowest BCUT2D eigenvalue weighted by atomic mass is 10.1. The van der Waals surface area contributed by atoms with Crippen molar-refractivity contribution in [2.45, 2.75) is 78.1 Å². The van der Waals surface area contributed by atoms with E-state index in [0.29, 0.717) is 39.3 Å². The minimum atomic E-state index is -0.139. The highest BCUT2D eigenvalue weighted by atomic mass is 16.6. The van der Waals surface area contributed by atoms with Crippen molar-refractivity contribution in [1.29, 1.82) is 0 Å². The fraction of sp³-hybridized carbons (Fsp3) is 0.889. The predicted octanol–water partition coefficient (Wildman–Crippen LogP) is 4.03. The van der Waals surface area contributed by atoms with E-state index in [1.807, 2.05) is 6.92 Å². The second-order valence-electron chi connectivity index (χ2n) is 5.61. The van der Waals surface area contributed by atoms with Crippen LogP contribution in [0.2, 0.25) is 0 Å². The maximum absolute atomic E-state index is 11.4. The van der Waals surface area contributed by atoms with Gasteiger partial charge in [0, 0.05) is 19.4 Å². The summed E-state index contributed by atoms with van der Waals surface area (Å²) in [4.78, 5) is 22.8. The van der Waals surface area contributed by atoms with Crippen molar-refractivity contribution < 1.29 is 23.8 Å². The molecular weight excluding hydrogens is 296 g/mol. The number of unbranched alkanes of at least 4 members (excludes halogenated alkanes) is 6. The molecule has 0 unspecified atom stereocenters. The van der Waals surface area contributed by atoms with Gasteiger partial charge in [0.05, 0.1) is 13.2 Å². The van der Waals surface area contributed by atoms with Gasteiger partial charge in [-0.15, -0.1) is 0 Å². The van der Waals surface area contributed by atoms with Gasteiger partial charge in [-0.05, 0) is 26.2 Å². The second kappa shape index (κ2) is 17.3. The van der Waals surface area contributed by atoms with Gasteiger partial charge >= 0.3 is 11.9 Å². The smallest absolute Gasteiger partial charge is 0.305 e. The first-order valence-electron chi connectivity index (χ1n) is 9.09. The van der Waals surface area contributed by atoms with Crippen molar-refractivity contribution in [1.82, 2.24) is 0 Å². The van der Waals surface area contributed by atoms with E-state index < -0.39 is 0 Å². The highest BCUT2D eigenvalue weighted by Gasteiger charge is 2.03. The third kappa shape index (κ3) is 17.1. The van der Waals surface area contributed by atoms with Crippen molar-refractivity contribution >= 4 is 11.9 Å². The van der Waals surface area contributed by atoms with Crippen LogP contribution in [0.1, 0.15) is 78.1 Å². The fourth-order valence-corrected chi connectivity index (χ4v) is 2.08. The maximum Gasteiger partial charge on any atom is 0.305 e. The molecule has 0 aromatic heterocycles. The SMILES string of the molecule is CCCCOC(=O)CCCCCCCCC(=O)OCCOCC.